The van der Waals surface area contributed by atoms with Crippen LogP contribution in [0.25, 0.3) is 0 Å². The molecule has 3 heteroatoms. The molecular formula is C24H40N2O. The normalized spacial score (nSPS) is 54.9. The minimum absolute atomic E-state index is 0.0913. The number of aliphatic hydroxyl groups is 1. The molecule has 3 saturated carbocycles. The van der Waals surface area contributed by atoms with E-state index < -0.39 is 0 Å². The molecular weight excluding hydrogens is 332 g/mol. The summed E-state index contributed by atoms with van der Waals surface area (Å²) in [4.78, 5) is 4.99. The van der Waals surface area contributed by atoms with Crippen LogP contribution >= 0.6 is 0 Å². The number of hydrogen-bond acceptors (Lipinski definition) is 3. The molecule has 1 saturated heterocycles. The Morgan fingerprint density at radius 3 is 2.74 bits per heavy atom. The second-order valence-electron chi connectivity index (χ2n) is 11.5. The smallest absolute Gasteiger partial charge is 0.0614 e. The van der Waals surface area contributed by atoms with Crippen molar-refractivity contribution in [2.75, 3.05) is 27.7 Å². The molecule has 1 spiro atoms. The number of piperidine rings is 1. The highest BCUT2D eigenvalue weighted by Crippen LogP contribution is 2.67. The van der Waals surface area contributed by atoms with Gasteiger partial charge in [0.15, 0.2) is 0 Å². The van der Waals surface area contributed by atoms with Gasteiger partial charge in [-0.05, 0) is 102 Å². The van der Waals surface area contributed by atoms with E-state index in [0.29, 0.717) is 23.4 Å². The Morgan fingerprint density at radius 2 is 2.00 bits per heavy atom. The largest absolute Gasteiger partial charge is 0.392 e. The topological polar surface area (TPSA) is 26.7 Å². The molecule has 4 aliphatic carbocycles. The van der Waals surface area contributed by atoms with Crippen molar-refractivity contribution in [3.05, 3.63) is 11.6 Å². The van der Waals surface area contributed by atoms with E-state index in [1.165, 1.54) is 38.5 Å². The zero-order valence-corrected chi connectivity index (χ0v) is 18.1. The summed E-state index contributed by atoms with van der Waals surface area (Å²) >= 11 is 0. The second kappa shape index (κ2) is 6.06. The monoisotopic (exact) mass is 372 g/mol. The van der Waals surface area contributed by atoms with Gasteiger partial charge >= 0.3 is 0 Å². The maximum atomic E-state index is 11.5. The Kier molecular flexibility index (Phi) is 4.18. The van der Waals surface area contributed by atoms with Gasteiger partial charge in [-0.2, -0.15) is 0 Å². The molecule has 152 valence electrons. The summed E-state index contributed by atoms with van der Waals surface area (Å²) < 4.78 is 0. The van der Waals surface area contributed by atoms with Crippen LogP contribution < -0.4 is 0 Å². The van der Waals surface area contributed by atoms with Crippen molar-refractivity contribution in [2.45, 2.75) is 77.0 Å². The third-order valence-corrected chi connectivity index (χ3v) is 10.4. The molecule has 1 heterocycles. The fourth-order valence-electron chi connectivity index (χ4n) is 8.56. The van der Waals surface area contributed by atoms with Crippen LogP contribution in [0.1, 0.15) is 58.8 Å². The van der Waals surface area contributed by atoms with E-state index in [2.05, 4.69) is 50.9 Å². The summed E-state index contributed by atoms with van der Waals surface area (Å²) in [6.07, 6.45) is 11.4. The van der Waals surface area contributed by atoms with Gasteiger partial charge < -0.3 is 14.9 Å². The Balaban J connectivity index is 1.48. The Labute approximate surface area is 166 Å². The standard InChI is InChI=1S/C24H40N2O/c1-15-16-10-21-19-7-6-17-11-18(25(3)4)8-9-23(17,2)20(19)12-22(27)24(21,13-16)14-26(15)5/h6,15-16,18-22,27H,7-14H2,1-5H3/t15-,16-,18-,19+,20+,21-,22-,23-,24-/m0/s1. The predicted molar refractivity (Wildman–Crippen MR) is 110 cm³/mol. The lowest BCUT2D eigenvalue weighted by atomic mass is 9.47. The van der Waals surface area contributed by atoms with Crippen molar-refractivity contribution < 1.29 is 5.11 Å². The van der Waals surface area contributed by atoms with Crippen LogP contribution in [0.5, 0.6) is 0 Å². The van der Waals surface area contributed by atoms with Crippen molar-refractivity contribution in [1.29, 1.82) is 0 Å². The minimum atomic E-state index is -0.0913. The van der Waals surface area contributed by atoms with E-state index in [4.69, 9.17) is 0 Å². The summed E-state index contributed by atoms with van der Waals surface area (Å²) in [5.74, 6) is 3.04. The van der Waals surface area contributed by atoms with E-state index in [-0.39, 0.29) is 11.5 Å². The van der Waals surface area contributed by atoms with Crippen LogP contribution in [0.2, 0.25) is 0 Å². The number of fused-ring (bicyclic) bond motifs is 5. The van der Waals surface area contributed by atoms with Gasteiger partial charge in [-0.25, -0.2) is 0 Å². The maximum Gasteiger partial charge on any atom is 0.0614 e. The van der Waals surface area contributed by atoms with E-state index in [9.17, 15) is 5.11 Å². The summed E-state index contributed by atoms with van der Waals surface area (Å²) in [6, 6.07) is 1.40. The fourth-order valence-corrected chi connectivity index (χ4v) is 8.56. The lowest BCUT2D eigenvalue weighted by Gasteiger charge is -2.60. The fraction of sp³-hybridized carbons (Fsp3) is 0.917. The second-order valence-corrected chi connectivity index (χ2v) is 11.5. The number of nitrogens with zero attached hydrogens (tertiary/aromatic N) is 2. The molecule has 5 aliphatic rings. The number of likely N-dealkylation sites (tertiary alicyclic amines) is 1. The molecule has 0 amide bonds. The molecule has 9 atom stereocenters. The molecule has 2 bridgehead atoms. The van der Waals surface area contributed by atoms with Crippen LogP contribution in [-0.2, 0) is 0 Å². The van der Waals surface area contributed by atoms with E-state index in [0.717, 1.165) is 30.7 Å². The number of hydrogen-bond donors (Lipinski definition) is 1. The van der Waals surface area contributed by atoms with Crippen molar-refractivity contribution in [1.82, 2.24) is 9.80 Å². The molecule has 3 nitrogen and oxygen atoms in total. The van der Waals surface area contributed by atoms with Gasteiger partial charge in [0.1, 0.15) is 0 Å². The van der Waals surface area contributed by atoms with Crippen LogP contribution in [-0.4, -0.2) is 60.8 Å². The summed E-state index contributed by atoms with van der Waals surface area (Å²) in [5.41, 5.74) is 2.25. The average molecular weight is 373 g/mol. The highest BCUT2D eigenvalue weighted by molar-refractivity contribution is 5.27. The molecule has 1 aliphatic heterocycles. The maximum absolute atomic E-state index is 11.5. The van der Waals surface area contributed by atoms with Crippen molar-refractivity contribution in [3.8, 4) is 0 Å². The summed E-state index contributed by atoms with van der Waals surface area (Å²) in [7, 11) is 6.77. The van der Waals surface area contributed by atoms with Crippen molar-refractivity contribution in [3.63, 3.8) is 0 Å². The van der Waals surface area contributed by atoms with E-state index in [1.807, 2.05) is 0 Å². The van der Waals surface area contributed by atoms with Gasteiger partial charge in [0.2, 0.25) is 0 Å². The van der Waals surface area contributed by atoms with Crippen LogP contribution in [0.4, 0.5) is 0 Å². The molecule has 0 radical (unpaired) electrons. The average Bonchev–Trinajstić information content (AvgIpc) is 2.97. The molecule has 1 N–H and O–H groups in total. The molecule has 27 heavy (non-hydrogen) atoms. The van der Waals surface area contributed by atoms with Gasteiger partial charge in [0, 0.05) is 24.0 Å². The quantitative estimate of drug-likeness (QED) is 0.710. The Bertz CT molecular complexity index is 644. The predicted octanol–water partition coefficient (Wildman–Crippen LogP) is 3.78. The van der Waals surface area contributed by atoms with Gasteiger partial charge in [-0.1, -0.05) is 18.6 Å². The van der Waals surface area contributed by atoms with Crippen LogP contribution in [0, 0.1) is 34.5 Å². The Hall–Kier alpha value is -0.380. The highest BCUT2D eigenvalue weighted by Gasteiger charge is 2.65. The summed E-state index contributed by atoms with van der Waals surface area (Å²) in [5, 5.41) is 11.5. The lowest BCUT2D eigenvalue weighted by molar-refractivity contribution is -0.136. The summed E-state index contributed by atoms with van der Waals surface area (Å²) in [6.45, 7) is 6.10. The molecule has 0 aromatic heterocycles. The SMILES string of the molecule is C[C@H]1[C@H]2C[C@H]3[C@@H]4CC=C5C[C@@H](N(C)C)CC[C@]5(C)[C@@H]4C[C@H](O)[C@@]3(C2)CN1C. The molecule has 0 aromatic rings. The third-order valence-electron chi connectivity index (χ3n) is 10.4. The molecule has 4 fully saturated rings. The van der Waals surface area contributed by atoms with Crippen LogP contribution in [0.15, 0.2) is 11.6 Å². The lowest BCUT2D eigenvalue weighted by Crippen LogP contribution is -2.60. The van der Waals surface area contributed by atoms with Crippen molar-refractivity contribution >= 4 is 0 Å². The first kappa shape index (κ1) is 18.6. The number of aliphatic hydroxyl groups excluding tert-OH is 1. The third kappa shape index (κ3) is 2.43. The molecule has 5 rings (SSSR count). The zero-order valence-electron chi connectivity index (χ0n) is 18.1. The first-order valence-electron chi connectivity index (χ1n) is 11.5. The van der Waals surface area contributed by atoms with Crippen molar-refractivity contribution in [2.24, 2.45) is 34.5 Å². The van der Waals surface area contributed by atoms with Gasteiger partial charge in [0.25, 0.3) is 0 Å². The zero-order chi connectivity index (χ0) is 19.1. The highest BCUT2D eigenvalue weighted by atomic mass is 16.3. The minimum Gasteiger partial charge on any atom is -0.392 e. The van der Waals surface area contributed by atoms with Gasteiger partial charge in [-0.15, -0.1) is 0 Å². The number of allylic oxidation sites excluding steroid dienone is 1. The molecule has 0 aromatic carbocycles. The first-order chi connectivity index (χ1) is 12.8. The van der Waals surface area contributed by atoms with E-state index in [1.54, 1.807) is 5.57 Å². The van der Waals surface area contributed by atoms with Crippen LogP contribution in [0.3, 0.4) is 0 Å². The first-order valence-corrected chi connectivity index (χ1v) is 11.5. The van der Waals surface area contributed by atoms with E-state index >= 15 is 0 Å². The van der Waals surface area contributed by atoms with Gasteiger partial charge in [-0.3, -0.25) is 0 Å². The van der Waals surface area contributed by atoms with Gasteiger partial charge in [0.05, 0.1) is 6.10 Å². The Morgan fingerprint density at radius 1 is 1.22 bits per heavy atom. The number of rotatable bonds is 1. The molecule has 0 unspecified atom stereocenters.